The van der Waals surface area contributed by atoms with Gasteiger partial charge in [-0.15, -0.1) is 12.4 Å². The van der Waals surface area contributed by atoms with Crippen LogP contribution in [-0.2, 0) is 11.2 Å². The molecule has 0 radical (unpaired) electrons. The van der Waals surface area contributed by atoms with Crippen molar-refractivity contribution in [3.63, 3.8) is 0 Å². The van der Waals surface area contributed by atoms with E-state index in [2.05, 4.69) is 17.1 Å². The fourth-order valence-corrected chi connectivity index (χ4v) is 2.52. The Morgan fingerprint density at radius 3 is 3.00 bits per heavy atom. The topological polar surface area (TPSA) is 61.3 Å². The van der Waals surface area contributed by atoms with Gasteiger partial charge in [0, 0.05) is 18.7 Å². The lowest BCUT2D eigenvalue weighted by atomic mass is 9.93. The Morgan fingerprint density at radius 2 is 2.26 bits per heavy atom. The number of ether oxygens (including phenoxy) is 1. The van der Waals surface area contributed by atoms with Crippen molar-refractivity contribution in [3.8, 4) is 11.3 Å². The van der Waals surface area contributed by atoms with Crippen molar-refractivity contribution in [2.24, 2.45) is 5.73 Å². The number of rotatable bonds is 2. The summed E-state index contributed by atoms with van der Waals surface area (Å²) < 4.78 is 11.2. The third-order valence-electron chi connectivity index (χ3n) is 3.36. The Morgan fingerprint density at radius 1 is 1.37 bits per heavy atom. The lowest BCUT2D eigenvalue weighted by Crippen LogP contribution is -2.16. The monoisotopic (exact) mass is 280 g/mol. The standard InChI is InChI=1S/C14H16N2O2.ClH/c15-7-13-11-3-1-4-12(14-8-16-9-18-14)10(11)5-2-6-17-13;/h1,3-4,8-9,13H,2,5-7,15H2;1H/t13-;/m1./s1. The zero-order chi connectivity index (χ0) is 12.4. The number of nitrogens with two attached hydrogens (primary N) is 1. The molecular formula is C14H17ClN2O2. The Hall–Kier alpha value is -1.36. The average molecular weight is 281 g/mol. The van der Waals surface area contributed by atoms with E-state index in [0.717, 1.165) is 30.8 Å². The molecule has 1 aromatic heterocycles. The number of oxazole rings is 1. The number of nitrogens with zero attached hydrogens (tertiary/aromatic N) is 1. The fraction of sp³-hybridized carbons (Fsp3) is 0.357. The first-order chi connectivity index (χ1) is 8.90. The van der Waals surface area contributed by atoms with Crippen LogP contribution in [0.4, 0.5) is 0 Å². The molecule has 0 amide bonds. The zero-order valence-electron chi connectivity index (χ0n) is 10.5. The molecule has 5 heteroatoms. The molecule has 0 aliphatic carbocycles. The highest BCUT2D eigenvalue weighted by atomic mass is 35.5. The van der Waals surface area contributed by atoms with Crippen LogP contribution in [-0.4, -0.2) is 18.1 Å². The molecule has 1 aliphatic rings. The van der Waals surface area contributed by atoms with Crippen molar-refractivity contribution >= 4 is 12.4 Å². The molecule has 0 fully saturated rings. The largest absolute Gasteiger partial charge is 0.444 e. The van der Waals surface area contributed by atoms with Crippen LogP contribution in [0.5, 0.6) is 0 Å². The molecule has 0 unspecified atom stereocenters. The Kier molecular flexibility index (Phi) is 4.58. The van der Waals surface area contributed by atoms with Gasteiger partial charge in [-0.05, 0) is 24.0 Å². The average Bonchev–Trinajstić information content (AvgIpc) is 2.85. The minimum absolute atomic E-state index is 0. The lowest BCUT2D eigenvalue weighted by Gasteiger charge is -2.17. The van der Waals surface area contributed by atoms with Gasteiger partial charge in [-0.1, -0.05) is 18.2 Å². The zero-order valence-corrected chi connectivity index (χ0v) is 11.4. The minimum Gasteiger partial charge on any atom is -0.444 e. The van der Waals surface area contributed by atoms with Gasteiger partial charge in [0.2, 0.25) is 0 Å². The number of aromatic nitrogens is 1. The minimum atomic E-state index is -0.00892. The molecule has 2 heterocycles. The molecule has 0 saturated heterocycles. The van der Waals surface area contributed by atoms with Crippen LogP contribution in [0.25, 0.3) is 11.3 Å². The normalized spacial score (nSPS) is 18.3. The number of benzene rings is 1. The number of hydrogen-bond acceptors (Lipinski definition) is 4. The van der Waals surface area contributed by atoms with Crippen LogP contribution >= 0.6 is 12.4 Å². The first-order valence-electron chi connectivity index (χ1n) is 6.22. The van der Waals surface area contributed by atoms with Gasteiger partial charge in [-0.3, -0.25) is 0 Å². The van der Waals surface area contributed by atoms with Crippen molar-refractivity contribution in [2.45, 2.75) is 18.9 Å². The first kappa shape index (κ1) is 14.1. The summed E-state index contributed by atoms with van der Waals surface area (Å²) in [5.41, 5.74) is 9.36. The molecule has 102 valence electrons. The van der Waals surface area contributed by atoms with Gasteiger partial charge in [0.1, 0.15) is 0 Å². The molecule has 19 heavy (non-hydrogen) atoms. The smallest absolute Gasteiger partial charge is 0.181 e. The maximum Gasteiger partial charge on any atom is 0.181 e. The molecule has 2 N–H and O–H groups in total. The van der Waals surface area contributed by atoms with E-state index in [-0.39, 0.29) is 18.5 Å². The van der Waals surface area contributed by atoms with E-state index in [1.54, 1.807) is 6.20 Å². The van der Waals surface area contributed by atoms with Gasteiger partial charge in [0.05, 0.1) is 12.3 Å². The maximum atomic E-state index is 5.80. The molecule has 1 atom stereocenters. The Bertz CT molecular complexity index is 528. The Labute approximate surface area is 118 Å². The van der Waals surface area contributed by atoms with Crippen LogP contribution in [0.2, 0.25) is 0 Å². The van der Waals surface area contributed by atoms with Crippen LogP contribution in [0.1, 0.15) is 23.7 Å². The van der Waals surface area contributed by atoms with E-state index in [4.69, 9.17) is 14.9 Å². The van der Waals surface area contributed by atoms with Gasteiger partial charge in [-0.25, -0.2) is 4.98 Å². The summed E-state index contributed by atoms with van der Waals surface area (Å²) in [7, 11) is 0. The van der Waals surface area contributed by atoms with Crippen molar-refractivity contribution < 1.29 is 9.15 Å². The highest BCUT2D eigenvalue weighted by Gasteiger charge is 2.21. The van der Waals surface area contributed by atoms with Crippen LogP contribution in [0.3, 0.4) is 0 Å². The second-order valence-electron chi connectivity index (χ2n) is 4.44. The van der Waals surface area contributed by atoms with Crippen molar-refractivity contribution in [1.29, 1.82) is 0 Å². The summed E-state index contributed by atoms with van der Waals surface area (Å²) in [6, 6.07) is 6.18. The SMILES string of the molecule is Cl.NC[C@H]1OCCCc2c(-c3cnco3)cccc21. The second-order valence-corrected chi connectivity index (χ2v) is 4.44. The molecule has 1 aromatic carbocycles. The quantitative estimate of drug-likeness (QED) is 0.919. The van der Waals surface area contributed by atoms with E-state index >= 15 is 0 Å². The van der Waals surface area contributed by atoms with Crippen molar-refractivity contribution in [1.82, 2.24) is 4.98 Å². The van der Waals surface area contributed by atoms with E-state index < -0.39 is 0 Å². The van der Waals surface area contributed by atoms with Gasteiger partial charge in [0.25, 0.3) is 0 Å². The molecule has 1 aliphatic heterocycles. The third kappa shape index (κ3) is 2.66. The number of fused-ring (bicyclic) bond motifs is 1. The molecule has 2 aromatic rings. The van der Waals surface area contributed by atoms with Crippen molar-refractivity contribution in [2.75, 3.05) is 13.2 Å². The predicted molar refractivity (Wildman–Crippen MR) is 75.3 cm³/mol. The molecule has 3 rings (SSSR count). The molecule has 0 saturated carbocycles. The summed E-state index contributed by atoms with van der Waals surface area (Å²) in [4.78, 5) is 3.99. The third-order valence-corrected chi connectivity index (χ3v) is 3.36. The van der Waals surface area contributed by atoms with E-state index in [1.165, 1.54) is 17.5 Å². The van der Waals surface area contributed by atoms with Gasteiger partial charge in [-0.2, -0.15) is 0 Å². The maximum absolute atomic E-state index is 5.80. The van der Waals surface area contributed by atoms with Gasteiger partial charge < -0.3 is 14.9 Å². The predicted octanol–water partition coefficient (Wildman–Crippen LogP) is 2.73. The lowest BCUT2D eigenvalue weighted by molar-refractivity contribution is 0.0627. The van der Waals surface area contributed by atoms with Crippen LogP contribution in [0, 0.1) is 0 Å². The summed E-state index contributed by atoms with van der Waals surface area (Å²) in [6.07, 6.45) is 5.20. The first-order valence-corrected chi connectivity index (χ1v) is 6.22. The molecule has 0 bridgehead atoms. The van der Waals surface area contributed by atoms with Gasteiger partial charge in [0.15, 0.2) is 12.2 Å². The fourth-order valence-electron chi connectivity index (χ4n) is 2.52. The van der Waals surface area contributed by atoms with E-state index in [9.17, 15) is 0 Å². The summed E-state index contributed by atoms with van der Waals surface area (Å²) in [5.74, 6) is 0.810. The Balaban J connectivity index is 0.00000133. The second kappa shape index (κ2) is 6.19. The molecule has 0 spiro atoms. The summed E-state index contributed by atoms with van der Waals surface area (Å²) in [5, 5.41) is 0. The summed E-state index contributed by atoms with van der Waals surface area (Å²) in [6.45, 7) is 1.26. The highest BCUT2D eigenvalue weighted by Crippen LogP contribution is 2.33. The molecule has 4 nitrogen and oxygen atoms in total. The van der Waals surface area contributed by atoms with E-state index in [1.807, 2.05) is 6.07 Å². The molecular weight excluding hydrogens is 264 g/mol. The van der Waals surface area contributed by atoms with Crippen molar-refractivity contribution in [3.05, 3.63) is 41.9 Å². The number of hydrogen-bond donors (Lipinski definition) is 1. The summed E-state index contributed by atoms with van der Waals surface area (Å²) >= 11 is 0. The number of halogens is 1. The highest BCUT2D eigenvalue weighted by molar-refractivity contribution is 5.85. The van der Waals surface area contributed by atoms with Gasteiger partial charge >= 0.3 is 0 Å². The van der Waals surface area contributed by atoms with Crippen LogP contribution in [0.15, 0.2) is 35.2 Å². The van der Waals surface area contributed by atoms with Crippen LogP contribution < -0.4 is 5.73 Å². The van der Waals surface area contributed by atoms with E-state index in [0.29, 0.717) is 6.54 Å².